The summed E-state index contributed by atoms with van der Waals surface area (Å²) >= 11 is 5.90. The van der Waals surface area contributed by atoms with E-state index in [2.05, 4.69) is 37.7 Å². The molecule has 300 valence electrons. The van der Waals surface area contributed by atoms with Gasteiger partial charge in [-0.15, -0.1) is 0 Å². The van der Waals surface area contributed by atoms with E-state index in [1.54, 1.807) is 24.3 Å². The molecule has 9 nitrogen and oxygen atoms in total. The molecule has 1 aliphatic carbocycles. The van der Waals surface area contributed by atoms with Gasteiger partial charge in [-0.1, -0.05) is 89.7 Å². The molecule has 0 bridgehead atoms. The number of H-pyrrole nitrogens is 1. The number of aromatic nitrogens is 1. The van der Waals surface area contributed by atoms with E-state index < -0.39 is 41.1 Å². The van der Waals surface area contributed by atoms with Gasteiger partial charge in [-0.25, -0.2) is 4.39 Å². The highest BCUT2D eigenvalue weighted by Gasteiger charge is 2.46. The Morgan fingerprint density at radius 1 is 1.02 bits per heavy atom. The molecular formula is C41H54F4N6O3S. The smallest absolute Gasteiger partial charge is 0.379 e. The average Bonchev–Trinajstić information content (AvgIpc) is 3.53. The number of hydrogen-bond donors (Lipinski definition) is 5. The first-order chi connectivity index (χ1) is 26.2. The normalized spacial score (nSPS) is 19.8. The van der Waals surface area contributed by atoms with Crippen LogP contribution in [0.2, 0.25) is 0 Å². The standard InChI is InChI=1S/C41H54F4N6O3S/c1-6-25(3)35(48-34(52)23-28-11-8-9-14-32(28)42)27(5)50-40(16-15-33-30(24-40)29-12-10-13-31(37(29)47-33)41(43,44)45)39(53)49-36(26(4)7-2)38(55)46-17-18-51-19-21-54-22-20-51/h8-14,25-26,35-36,47,50H,5-7,15-24H2,1-4H3,(H,46,55)(H,48,52)(H,49,53)/t25?,26?,35-,36-,40+/m0/s1. The summed E-state index contributed by atoms with van der Waals surface area (Å²) in [6, 6.07) is 8.97. The molecule has 1 aromatic heterocycles. The van der Waals surface area contributed by atoms with Gasteiger partial charge in [0.15, 0.2) is 0 Å². The van der Waals surface area contributed by atoms with Crippen molar-refractivity contribution in [3.05, 3.63) is 82.9 Å². The fourth-order valence-corrected chi connectivity index (χ4v) is 7.94. The fraction of sp³-hybridized carbons (Fsp3) is 0.537. The molecular weight excluding hydrogens is 733 g/mol. The van der Waals surface area contributed by atoms with Crippen LogP contribution in [0.5, 0.6) is 0 Å². The molecule has 1 fully saturated rings. The topological polar surface area (TPSA) is 111 Å². The number of hydrogen-bond acceptors (Lipinski definition) is 6. The zero-order valence-corrected chi connectivity index (χ0v) is 33.0. The molecule has 2 aromatic carbocycles. The molecule has 0 saturated carbocycles. The lowest BCUT2D eigenvalue weighted by atomic mass is 9.77. The van der Waals surface area contributed by atoms with Gasteiger partial charge in [-0.05, 0) is 47.9 Å². The Kier molecular flexibility index (Phi) is 14.0. The highest BCUT2D eigenvalue weighted by atomic mass is 32.1. The van der Waals surface area contributed by atoms with Gasteiger partial charge >= 0.3 is 6.18 Å². The minimum Gasteiger partial charge on any atom is -0.379 e. The van der Waals surface area contributed by atoms with Gasteiger partial charge in [-0.3, -0.25) is 14.5 Å². The summed E-state index contributed by atoms with van der Waals surface area (Å²) < 4.78 is 62.3. The number of carbonyl (C=O) groups excluding carboxylic acids is 2. The molecule has 1 aliphatic heterocycles. The maximum atomic E-state index is 14.9. The van der Waals surface area contributed by atoms with E-state index in [9.17, 15) is 27.2 Å². The molecule has 0 spiro atoms. The summed E-state index contributed by atoms with van der Waals surface area (Å²) in [6.45, 7) is 16.7. The molecule has 2 unspecified atom stereocenters. The van der Waals surface area contributed by atoms with Crippen LogP contribution in [0, 0.1) is 17.7 Å². The summed E-state index contributed by atoms with van der Waals surface area (Å²) in [5.41, 5.74) is -0.291. The van der Waals surface area contributed by atoms with Crippen LogP contribution in [-0.2, 0) is 39.8 Å². The van der Waals surface area contributed by atoms with Crippen LogP contribution in [-0.4, -0.2) is 83.7 Å². The molecule has 2 heterocycles. The lowest BCUT2D eigenvalue weighted by Crippen LogP contribution is -2.64. The zero-order valence-electron chi connectivity index (χ0n) is 32.1. The van der Waals surface area contributed by atoms with Gasteiger partial charge in [0.1, 0.15) is 11.4 Å². The van der Waals surface area contributed by atoms with E-state index in [-0.39, 0.29) is 54.5 Å². The van der Waals surface area contributed by atoms with E-state index >= 15 is 0 Å². The van der Waals surface area contributed by atoms with Crippen LogP contribution in [0.3, 0.4) is 0 Å². The van der Waals surface area contributed by atoms with Gasteiger partial charge in [0.25, 0.3) is 0 Å². The van der Waals surface area contributed by atoms with E-state index in [4.69, 9.17) is 17.0 Å². The van der Waals surface area contributed by atoms with Gasteiger partial charge in [-0.2, -0.15) is 13.2 Å². The monoisotopic (exact) mass is 786 g/mol. The highest BCUT2D eigenvalue weighted by molar-refractivity contribution is 7.80. The number of aromatic amines is 1. The Labute approximate surface area is 326 Å². The summed E-state index contributed by atoms with van der Waals surface area (Å²) in [5.74, 6) is -1.45. The molecule has 2 aliphatic rings. The van der Waals surface area contributed by atoms with Crippen LogP contribution < -0.4 is 21.3 Å². The van der Waals surface area contributed by atoms with Crippen molar-refractivity contribution in [2.24, 2.45) is 11.8 Å². The number of carbonyl (C=O) groups is 2. The minimum atomic E-state index is -4.58. The second-order valence-corrected chi connectivity index (χ2v) is 15.4. The third kappa shape index (κ3) is 10.1. The number of halogens is 4. The van der Waals surface area contributed by atoms with E-state index in [1.807, 2.05) is 27.7 Å². The second kappa shape index (κ2) is 18.3. The number of rotatable bonds is 16. The van der Waals surface area contributed by atoms with Crippen molar-refractivity contribution in [3.63, 3.8) is 0 Å². The van der Waals surface area contributed by atoms with Crippen molar-refractivity contribution >= 4 is 39.9 Å². The molecule has 5 N–H and O–H groups in total. The highest BCUT2D eigenvalue weighted by Crippen LogP contribution is 2.40. The quantitative estimate of drug-likeness (QED) is 0.0869. The molecule has 1 saturated heterocycles. The van der Waals surface area contributed by atoms with E-state index in [0.717, 1.165) is 32.1 Å². The lowest BCUT2D eigenvalue weighted by molar-refractivity contribution is -0.136. The van der Waals surface area contributed by atoms with Crippen LogP contribution in [0.4, 0.5) is 17.6 Å². The zero-order chi connectivity index (χ0) is 39.9. The number of morpholine rings is 1. The van der Waals surface area contributed by atoms with Crippen molar-refractivity contribution in [1.82, 2.24) is 31.2 Å². The maximum absolute atomic E-state index is 14.9. The molecule has 14 heteroatoms. The summed E-state index contributed by atoms with van der Waals surface area (Å²) in [7, 11) is 0. The van der Waals surface area contributed by atoms with Gasteiger partial charge in [0, 0.05) is 49.4 Å². The predicted octanol–water partition coefficient (Wildman–Crippen LogP) is 6.21. The van der Waals surface area contributed by atoms with Gasteiger partial charge in [0.2, 0.25) is 11.8 Å². The number of ether oxygens (including phenoxy) is 1. The number of benzene rings is 2. The molecule has 3 aromatic rings. The van der Waals surface area contributed by atoms with Crippen LogP contribution in [0.25, 0.3) is 10.9 Å². The average molecular weight is 787 g/mol. The number of amides is 2. The number of aryl methyl sites for hydroxylation is 1. The van der Waals surface area contributed by atoms with Crippen LogP contribution >= 0.6 is 12.2 Å². The summed E-state index contributed by atoms with van der Waals surface area (Å²) in [5, 5.41) is 13.5. The largest absolute Gasteiger partial charge is 0.418 e. The Morgan fingerprint density at radius 3 is 2.38 bits per heavy atom. The third-order valence-corrected chi connectivity index (χ3v) is 11.7. The maximum Gasteiger partial charge on any atom is 0.418 e. The van der Waals surface area contributed by atoms with Crippen molar-refractivity contribution < 1.29 is 31.9 Å². The third-order valence-electron chi connectivity index (χ3n) is 11.3. The molecule has 5 rings (SSSR count). The molecule has 0 radical (unpaired) electrons. The molecule has 5 atom stereocenters. The number of fused-ring (bicyclic) bond motifs is 3. The van der Waals surface area contributed by atoms with Gasteiger partial charge < -0.3 is 31.0 Å². The lowest BCUT2D eigenvalue weighted by Gasteiger charge is -2.42. The Morgan fingerprint density at radius 2 is 1.71 bits per heavy atom. The molecule has 2 amide bonds. The number of nitrogens with zero attached hydrogens (tertiary/aromatic N) is 1. The van der Waals surface area contributed by atoms with Crippen molar-refractivity contribution in [3.8, 4) is 0 Å². The number of nitrogens with one attached hydrogen (secondary N) is 5. The summed E-state index contributed by atoms with van der Waals surface area (Å²) in [4.78, 5) is 34.1. The van der Waals surface area contributed by atoms with Crippen LogP contribution in [0.1, 0.15) is 69.3 Å². The SMILES string of the molecule is C=C(N[C@]1(C(=O)N[C@H](C(=S)NCCN2CCOCC2)C(C)CC)CCc2[nH]c3c(C(F)(F)F)cccc3c2C1)[C@@H](NC(=O)Cc1ccccc1F)C(C)CC. The Balaban J connectivity index is 1.45. The number of thiocarbonyl (C=S) groups is 1. The predicted molar refractivity (Wildman–Crippen MR) is 211 cm³/mol. The first kappa shape index (κ1) is 42.1. The van der Waals surface area contributed by atoms with Crippen molar-refractivity contribution in [1.29, 1.82) is 0 Å². The first-order valence-corrected chi connectivity index (χ1v) is 19.7. The number of para-hydroxylation sites is 1. The van der Waals surface area contributed by atoms with E-state index in [0.29, 0.717) is 53.5 Å². The first-order valence-electron chi connectivity index (χ1n) is 19.3. The van der Waals surface area contributed by atoms with Crippen molar-refractivity contribution in [2.75, 3.05) is 39.4 Å². The van der Waals surface area contributed by atoms with Crippen LogP contribution in [0.15, 0.2) is 54.7 Å². The molecule has 55 heavy (non-hydrogen) atoms. The van der Waals surface area contributed by atoms with Gasteiger partial charge in [0.05, 0.1) is 47.8 Å². The Bertz CT molecular complexity index is 1840. The number of alkyl halides is 3. The van der Waals surface area contributed by atoms with E-state index in [1.165, 1.54) is 12.1 Å². The minimum absolute atomic E-state index is 0.0175. The summed E-state index contributed by atoms with van der Waals surface area (Å²) in [6.07, 6.45) is -2.84. The Hall–Kier alpha value is -4.01. The van der Waals surface area contributed by atoms with Crippen molar-refractivity contribution in [2.45, 2.75) is 90.0 Å². The fourth-order valence-electron chi connectivity index (χ4n) is 7.55. The second-order valence-electron chi connectivity index (χ2n) is 15.0.